The van der Waals surface area contributed by atoms with Crippen molar-refractivity contribution in [3.05, 3.63) is 29.3 Å². The second-order valence-corrected chi connectivity index (χ2v) is 7.72. The number of anilines is 1. The van der Waals surface area contributed by atoms with E-state index in [1.54, 1.807) is 18.2 Å². The molecule has 1 saturated carbocycles. The average Bonchev–Trinajstić information content (AvgIpc) is 2.89. The predicted molar refractivity (Wildman–Crippen MR) is 97.2 cm³/mol. The van der Waals surface area contributed by atoms with Gasteiger partial charge in [-0.15, -0.1) is 0 Å². The van der Waals surface area contributed by atoms with E-state index in [2.05, 4.69) is 10.6 Å². The van der Waals surface area contributed by atoms with Crippen LogP contribution in [0, 0.1) is 5.92 Å². The molecule has 0 spiro atoms. The number of fused-ring (bicyclic) bond motifs is 1. The number of carbonyl (C=O) groups is 4. The van der Waals surface area contributed by atoms with Crippen LogP contribution < -0.4 is 16.4 Å². The number of hydrogen-bond donors (Lipinski definition) is 3. The van der Waals surface area contributed by atoms with Gasteiger partial charge in [0, 0.05) is 25.2 Å². The van der Waals surface area contributed by atoms with Crippen LogP contribution in [-0.2, 0) is 9.59 Å². The van der Waals surface area contributed by atoms with Crippen molar-refractivity contribution in [1.82, 2.24) is 10.2 Å². The Morgan fingerprint density at radius 2 is 1.89 bits per heavy atom. The lowest BCUT2D eigenvalue weighted by Crippen LogP contribution is -2.54. The monoisotopic (exact) mass is 388 g/mol. The van der Waals surface area contributed by atoms with Crippen LogP contribution in [0.15, 0.2) is 18.2 Å². The van der Waals surface area contributed by atoms with Crippen molar-refractivity contribution in [2.75, 3.05) is 18.4 Å². The van der Waals surface area contributed by atoms with Crippen molar-refractivity contribution < 1.29 is 23.6 Å². The highest BCUT2D eigenvalue weighted by Crippen LogP contribution is 2.40. The second-order valence-electron chi connectivity index (χ2n) is 7.72. The molecule has 4 rings (SSSR count). The summed E-state index contributed by atoms with van der Waals surface area (Å²) in [5, 5.41) is 5.34. The number of benzene rings is 1. The fraction of sp³-hybridized carbons (Fsp3) is 0.474. The maximum Gasteiger partial charge on any atom is 0.262 e. The molecule has 148 valence electrons. The molecule has 1 aliphatic carbocycles. The molecular formula is C19H21FN4O4. The van der Waals surface area contributed by atoms with Crippen molar-refractivity contribution in [2.45, 2.75) is 37.4 Å². The first kappa shape index (κ1) is 18.5. The largest absolute Gasteiger partial charge is 0.385 e. The maximum absolute atomic E-state index is 13.9. The molecule has 4 N–H and O–H groups in total. The number of halogens is 1. The Labute approximate surface area is 160 Å². The molecule has 0 aromatic heterocycles. The third-order valence-corrected chi connectivity index (χ3v) is 5.71. The molecule has 1 aromatic carbocycles. The molecule has 2 fully saturated rings. The van der Waals surface area contributed by atoms with E-state index in [0.29, 0.717) is 25.1 Å². The van der Waals surface area contributed by atoms with E-state index in [0.717, 1.165) is 4.90 Å². The quantitative estimate of drug-likeness (QED) is 0.635. The van der Waals surface area contributed by atoms with Gasteiger partial charge in [-0.05, 0) is 43.4 Å². The number of imide groups is 2. The van der Waals surface area contributed by atoms with Gasteiger partial charge in [-0.25, -0.2) is 4.39 Å². The van der Waals surface area contributed by atoms with Gasteiger partial charge in [0.1, 0.15) is 11.7 Å². The van der Waals surface area contributed by atoms with Crippen LogP contribution in [0.25, 0.3) is 0 Å². The second kappa shape index (κ2) is 6.66. The Hall–Kier alpha value is -2.81. The molecule has 1 atom stereocenters. The van der Waals surface area contributed by atoms with Crippen LogP contribution in [0.5, 0.6) is 0 Å². The van der Waals surface area contributed by atoms with Gasteiger partial charge in [-0.3, -0.25) is 29.4 Å². The first-order chi connectivity index (χ1) is 13.3. The summed E-state index contributed by atoms with van der Waals surface area (Å²) in [6.45, 7) is 0.568. The number of alkyl halides is 1. The van der Waals surface area contributed by atoms with E-state index in [-0.39, 0.29) is 36.4 Å². The van der Waals surface area contributed by atoms with Crippen molar-refractivity contribution in [2.24, 2.45) is 11.7 Å². The molecule has 28 heavy (non-hydrogen) atoms. The van der Waals surface area contributed by atoms with Crippen LogP contribution >= 0.6 is 0 Å². The van der Waals surface area contributed by atoms with Crippen LogP contribution in [0.1, 0.15) is 46.4 Å². The van der Waals surface area contributed by atoms with Crippen molar-refractivity contribution in [3.8, 4) is 0 Å². The van der Waals surface area contributed by atoms with Crippen LogP contribution in [-0.4, -0.2) is 53.3 Å². The molecule has 0 radical (unpaired) electrons. The zero-order valence-corrected chi connectivity index (χ0v) is 15.2. The van der Waals surface area contributed by atoms with E-state index >= 15 is 0 Å². The summed E-state index contributed by atoms with van der Waals surface area (Å²) in [7, 11) is 0. The summed E-state index contributed by atoms with van der Waals surface area (Å²) < 4.78 is 13.9. The summed E-state index contributed by atoms with van der Waals surface area (Å²) in [6.07, 6.45) is 1.01. The highest BCUT2D eigenvalue weighted by atomic mass is 19.1. The third kappa shape index (κ3) is 3.05. The van der Waals surface area contributed by atoms with Gasteiger partial charge < -0.3 is 11.1 Å². The molecule has 0 bridgehead atoms. The summed E-state index contributed by atoms with van der Waals surface area (Å²) in [5.74, 6) is -1.96. The Kier molecular flexibility index (Phi) is 4.41. The van der Waals surface area contributed by atoms with Crippen LogP contribution in [0.4, 0.5) is 10.1 Å². The van der Waals surface area contributed by atoms with Crippen molar-refractivity contribution in [1.29, 1.82) is 0 Å². The fourth-order valence-corrected chi connectivity index (χ4v) is 4.13. The molecule has 1 unspecified atom stereocenters. The van der Waals surface area contributed by atoms with Gasteiger partial charge >= 0.3 is 0 Å². The molecule has 2 heterocycles. The summed E-state index contributed by atoms with van der Waals surface area (Å²) >= 11 is 0. The lowest BCUT2D eigenvalue weighted by molar-refractivity contribution is -0.136. The molecule has 4 amide bonds. The van der Waals surface area contributed by atoms with Gasteiger partial charge in [0.2, 0.25) is 11.8 Å². The van der Waals surface area contributed by atoms with Gasteiger partial charge in [-0.2, -0.15) is 0 Å². The van der Waals surface area contributed by atoms with E-state index in [1.807, 2.05) is 0 Å². The smallest absolute Gasteiger partial charge is 0.262 e. The Morgan fingerprint density at radius 3 is 2.57 bits per heavy atom. The number of amides is 4. The molecule has 2 aliphatic heterocycles. The minimum absolute atomic E-state index is 0.0230. The van der Waals surface area contributed by atoms with Gasteiger partial charge in [0.25, 0.3) is 11.8 Å². The molecule has 3 aliphatic rings. The highest BCUT2D eigenvalue weighted by Gasteiger charge is 2.45. The van der Waals surface area contributed by atoms with Gasteiger partial charge in [-0.1, -0.05) is 0 Å². The van der Waals surface area contributed by atoms with Crippen LogP contribution in [0.2, 0.25) is 0 Å². The number of carbonyl (C=O) groups excluding carboxylic acids is 4. The normalized spacial score (nSPS) is 29.4. The average molecular weight is 388 g/mol. The first-order valence-corrected chi connectivity index (χ1v) is 9.30. The maximum atomic E-state index is 13.9. The number of hydrogen-bond acceptors (Lipinski definition) is 6. The Balaban J connectivity index is 1.45. The third-order valence-electron chi connectivity index (χ3n) is 5.71. The summed E-state index contributed by atoms with van der Waals surface area (Å²) in [4.78, 5) is 49.7. The van der Waals surface area contributed by atoms with Gasteiger partial charge in [0.05, 0.1) is 11.1 Å². The molecule has 8 nitrogen and oxygen atoms in total. The lowest BCUT2D eigenvalue weighted by atomic mass is 9.72. The van der Waals surface area contributed by atoms with Crippen LogP contribution in [0.3, 0.4) is 0 Å². The Morgan fingerprint density at radius 1 is 1.18 bits per heavy atom. The number of rotatable bonds is 5. The zero-order valence-electron chi connectivity index (χ0n) is 15.2. The number of nitrogens with one attached hydrogen (secondary N) is 2. The minimum Gasteiger partial charge on any atom is -0.385 e. The van der Waals surface area contributed by atoms with Crippen molar-refractivity contribution in [3.63, 3.8) is 0 Å². The van der Waals surface area contributed by atoms with Crippen molar-refractivity contribution >= 4 is 29.3 Å². The lowest BCUT2D eigenvalue weighted by Gasteiger charge is -2.40. The Bertz CT molecular complexity index is 881. The van der Waals surface area contributed by atoms with E-state index in [4.69, 9.17) is 5.73 Å². The SMILES string of the molecule is NCC1(F)CC(CNc2ccc3c(c2)C(=O)N(C2CCC(=O)NC2=O)C3=O)C1. The van der Waals surface area contributed by atoms with E-state index in [9.17, 15) is 23.6 Å². The summed E-state index contributed by atoms with van der Waals surface area (Å²) in [5.41, 5.74) is 5.23. The number of nitrogens with zero attached hydrogens (tertiary/aromatic N) is 1. The minimum atomic E-state index is -1.27. The predicted octanol–water partition coefficient (Wildman–Crippen LogP) is 0.577. The van der Waals surface area contributed by atoms with E-state index < -0.39 is 35.3 Å². The highest BCUT2D eigenvalue weighted by molar-refractivity contribution is 6.23. The number of nitrogens with two attached hydrogens (primary N) is 1. The zero-order chi connectivity index (χ0) is 20.1. The molecule has 9 heteroatoms. The topological polar surface area (TPSA) is 122 Å². The summed E-state index contributed by atoms with van der Waals surface area (Å²) in [6, 6.07) is 3.82. The molecule has 1 saturated heterocycles. The first-order valence-electron chi connectivity index (χ1n) is 9.30. The van der Waals surface area contributed by atoms with Gasteiger partial charge in [0.15, 0.2) is 0 Å². The molecular weight excluding hydrogens is 367 g/mol. The molecule has 1 aromatic rings. The fourth-order valence-electron chi connectivity index (χ4n) is 4.13. The standard InChI is InChI=1S/C19H21FN4O4/c20-19(9-21)6-10(7-19)8-22-11-1-2-12-13(5-11)18(28)24(17(12)27)14-3-4-15(25)23-16(14)26/h1-2,5,10,14,22H,3-4,6-9,21H2,(H,23,25,26). The number of piperidine rings is 1. The van der Waals surface area contributed by atoms with E-state index in [1.165, 1.54) is 0 Å².